The first-order valence-electron chi connectivity index (χ1n) is 8.21. The molecule has 0 bridgehead atoms. The van der Waals surface area contributed by atoms with Crippen LogP contribution in [0.15, 0.2) is 18.2 Å². The van der Waals surface area contributed by atoms with Crippen LogP contribution >= 0.6 is 0 Å². The second kappa shape index (κ2) is 6.68. The summed E-state index contributed by atoms with van der Waals surface area (Å²) in [4.78, 5) is 18.9. The zero-order chi connectivity index (χ0) is 16.4. The number of rotatable bonds is 5. The van der Waals surface area contributed by atoms with Crippen LogP contribution in [0, 0.1) is 17.0 Å². The van der Waals surface area contributed by atoms with E-state index in [1.54, 1.807) is 12.1 Å². The van der Waals surface area contributed by atoms with Gasteiger partial charge >= 0.3 is 0 Å². The van der Waals surface area contributed by atoms with Gasteiger partial charge in [-0.2, -0.15) is 0 Å². The number of aryl methyl sites for hydroxylation is 2. The van der Waals surface area contributed by atoms with E-state index in [0.717, 1.165) is 62.2 Å². The van der Waals surface area contributed by atoms with Gasteiger partial charge in [-0.1, -0.05) is 0 Å². The molecule has 6 nitrogen and oxygen atoms in total. The first-order valence-corrected chi connectivity index (χ1v) is 8.21. The quantitative estimate of drug-likeness (QED) is 0.680. The highest BCUT2D eigenvalue weighted by molar-refractivity contribution is 5.86. The smallest absolute Gasteiger partial charge is 0.270 e. The lowest BCUT2D eigenvalue weighted by atomic mass is 10.0. The van der Waals surface area contributed by atoms with Crippen molar-refractivity contribution in [3.8, 4) is 0 Å². The Hall–Kier alpha value is -1.92. The van der Waals surface area contributed by atoms with Gasteiger partial charge in [0, 0.05) is 54.9 Å². The van der Waals surface area contributed by atoms with Crippen LogP contribution in [-0.4, -0.2) is 59.5 Å². The minimum atomic E-state index is -0.324. The lowest BCUT2D eigenvalue weighted by Crippen LogP contribution is -2.44. The van der Waals surface area contributed by atoms with Crippen molar-refractivity contribution in [3.05, 3.63) is 39.6 Å². The molecule has 0 saturated carbocycles. The van der Waals surface area contributed by atoms with E-state index in [1.165, 1.54) is 5.56 Å². The van der Waals surface area contributed by atoms with Gasteiger partial charge < -0.3 is 14.8 Å². The summed E-state index contributed by atoms with van der Waals surface area (Å²) >= 11 is 0. The zero-order valence-corrected chi connectivity index (χ0v) is 13.8. The summed E-state index contributed by atoms with van der Waals surface area (Å²) in [6, 6.07) is 5.07. The average Bonchev–Trinajstić information content (AvgIpc) is 2.84. The average molecular weight is 316 g/mol. The fourth-order valence-corrected chi connectivity index (χ4v) is 3.36. The number of nitrogens with zero attached hydrogens (tertiary/aromatic N) is 3. The minimum Gasteiger partial charge on any atom is -0.358 e. The van der Waals surface area contributed by atoms with Crippen molar-refractivity contribution in [1.82, 2.24) is 14.8 Å². The van der Waals surface area contributed by atoms with Gasteiger partial charge in [-0.3, -0.25) is 10.1 Å². The third-order valence-electron chi connectivity index (χ3n) is 4.81. The molecule has 2 aromatic rings. The number of likely N-dealkylation sites (N-methyl/N-ethyl adjacent to an activating group) is 1. The van der Waals surface area contributed by atoms with E-state index in [4.69, 9.17) is 0 Å². The van der Waals surface area contributed by atoms with E-state index in [0.29, 0.717) is 0 Å². The van der Waals surface area contributed by atoms with Crippen molar-refractivity contribution in [3.63, 3.8) is 0 Å². The predicted octanol–water partition coefficient (Wildman–Crippen LogP) is 2.56. The largest absolute Gasteiger partial charge is 0.358 e. The number of piperazine rings is 1. The summed E-state index contributed by atoms with van der Waals surface area (Å²) in [5.41, 5.74) is 3.50. The second-order valence-corrected chi connectivity index (χ2v) is 6.46. The second-order valence-electron chi connectivity index (χ2n) is 6.46. The molecule has 6 heteroatoms. The van der Waals surface area contributed by atoms with Gasteiger partial charge in [-0.25, -0.2) is 0 Å². The van der Waals surface area contributed by atoms with E-state index in [1.807, 2.05) is 6.07 Å². The third-order valence-corrected chi connectivity index (χ3v) is 4.81. The number of fused-ring (bicyclic) bond motifs is 1. The number of aromatic amines is 1. The number of H-pyrrole nitrogens is 1. The van der Waals surface area contributed by atoms with Crippen LogP contribution in [0.2, 0.25) is 0 Å². The van der Waals surface area contributed by atoms with Gasteiger partial charge in [-0.05, 0) is 45.0 Å². The summed E-state index contributed by atoms with van der Waals surface area (Å²) < 4.78 is 0. The van der Waals surface area contributed by atoms with Crippen molar-refractivity contribution < 1.29 is 4.92 Å². The van der Waals surface area contributed by atoms with Crippen LogP contribution < -0.4 is 0 Å². The van der Waals surface area contributed by atoms with E-state index in [9.17, 15) is 10.1 Å². The highest BCUT2D eigenvalue weighted by Gasteiger charge is 2.15. The number of hydrogen-bond acceptors (Lipinski definition) is 4. The first-order chi connectivity index (χ1) is 11.0. The summed E-state index contributed by atoms with van der Waals surface area (Å²) in [5.74, 6) is 0. The number of nitro groups is 1. The van der Waals surface area contributed by atoms with E-state index in [-0.39, 0.29) is 10.6 Å². The lowest BCUT2D eigenvalue weighted by Gasteiger charge is -2.32. The molecule has 0 amide bonds. The van der Waals surface area contributed by atoms with Crippen molar-refractivity contribution >= 4 is 16.6 Å². The van der Waals surface area contributed by atoms with Crippen LogP contribution in [0.1, 0.15) is 17.7 Å². The predicted molar refractivity (Wildman–Crippen MR) is 91.9 cm³/mol. The highest BCUT2D eigenvalue weighted by atomic mass is 16.6. The Morgan fingerprint density at radius 3 is 2.70 bits per heavy atom. The third kappa shape index (κ3) is 3.54. The van der Waals surface area contributed by atoms with Crippen LogP contribution in [0.5, 0.6) is 0 Å². The normalized spacial score (nSPS) is 17.0. The standard InChI is InChI=1S/C17H24N4O2/c1-13-15(4-3-7-20-10-8-19(2)9-11-20)16-12-14(21(22)23)5-6-17(16)18-13/h5-6,12,18H,3-4,7-11H2,1-2H3. The van der Waals surface area contributed by atoms with Crippen LogP contribution in [0.3, 0.4) is 0 Å². The molecule has 0 atom stereocenters. The Kier molecular flexibility index (Phi) is 4.63. The summed E-state index contributed by atoms with van der Waals surface area (Å²) in [7, 11) is 2.17. The molecule has 0 spiro atoms. The first kappa shape index (κ1) is 16.0. The topological polar surface area (TPSA) is 65.4 Å². The van der Waals surface area contributed by atoms with Crippen molar-refractivity contribution in [1.29, 1.82) is 0 Å². The fourth-order valence-electron chi connectivity index (χ4n) is 3.36. The number of benzene rings is 1. The summed E-state index contributed by atoms with van der Waals surface area (Å²) in [6.45, 7) is 7.69. The number of nitro benzene ring substituents is 1. The zero-order valence-electron chi connectivity index (χ0n) is 13.8. The maximum absolute atomic E-state index is 11.0. The fraction of sp³-hybridized carbons (Fsp3) is 0.529. The Balaban J connectivity index is 1.68. The van der Waals surface area contributed by atoms with Crippen LogP contribution in [0.4, 0.5) is 5.69 Å². The van der Waals surface area contributed by atoms with Gasteiger partial charge in [0.2, 0.25) is 0 Å². The van der Waals surface area contributed by atoms with Gasteiger partial charge in [0.1, 0.15) is 0 Å². The molecular formula is C17H24N4O2. The lowest BCUT2D eigenvalue weighted by molar-refractivity contribution is -0.384. The maximum atomic E-state index is 11.0. The van der Waals surface area contributed by atoms with Crippen LogP contribution in [0.25, 0.3) is 10.9 Å². The molecule has 1 aliphatic heterocycles. The molecule has 2 heterocycles. The van der Waals surface area contributed by atoms with E-state index >= 15 is 0 Å². The van der Waals surface area contributed by atoms with Gasteiger partial charge in [-0.15, -0.1) is 0 Å². The number of nitrogens with one attached hydrogen (secondary N) is 1. The molecule has 23 heavy (non-hydrogen) atoms. The molecule has 124 valence electrons. The van der Waals surface area contributed by atoms with Gasteiger partial charge in [0.25, 0.3) is 5.69 Å². The number of aromatic nitrogens is 1. The van der Waals surface area contributed by atoms with E-state index < -0.39 is 0 Å². The number of non-ortho nitro benzene ring substituents is 1. The molecular weight excluding hydrogens is 292 g/mol. The highest BCUT2D eigenvalue weighted by Crippen LogP contribution is 2.27. The maximum Gasteiger partial charge on any atom is 0.270 e. The van der Waals surface area contributed by atoms with Crippen molar-refractivity contribution in [2.75, 3.05) is 39.8 Å². The Morgan fingerprint density at radius 1 is 1.26 bits per heavy atom. The SMILES string of the molecule is Cc1[nH]c2ccc([N+](=O)[O-])cc2c1CCCN1CCN(C)CC1. The molecule has 1 saturated heterocycles. The molecule has 0 aliphatic carbocycles. The molecule has 1 aromatic heterocycles. The van der Waals surface area contributed by atoms with E-state index in [2.05, 4.69) is 28.8 Å². The Morgan fingerprint density at radius 2 is 2.00 bits per heavy atom. The molecule has 0 radical (unpaired) electrons. The Bertz CT molecular complexity index is 702. The number of hydrogen-bond donors (Lipinski definition) is 1. The molecule has 1 N–H and O–H groups in total. The summed E-state index contributed by atoms with van der Waals surface area (Å²) in [6.07, 6.45) is 2.04. The molecule has 1 fully saturated rings. The van der Waals surface area contributed by atoms with Gasteiger partial charge in [0.15, 0.2) is 0 Å². The van der Waals surface area contributed by atoms with Gasteiger partial charge in [0.05, 0.1) is 4.92 Å². The summed E-state index contributed by atoms with van der Waals surface area (Å²) in [5, 5.41) is 12.0. The van der Waals surface area contributed by atoms with Crippen molar-refractivity contribution in [2.24, 2.45) is 0 Å². The molecule has 3 rings (SSSR count). The minimum absolute atomic E-state index is 0.164. The Labute approximate surface area is 136 Å². The van der Waals surface area contributed by atoms with Crippen LogP contribution in [-0.2, 0) is 6.42 Å². The molecule has 0 unspecified atom stereocenters. The van der Waals surface area contributed by atoms with Crippen molar-refractivity contribution in [2.45, 2.75) is 19.8 Å². The molecule has 1 aromatic carbocycles. The molecule has 1 aliphatic rings. The monoisotopic (exact) mass is 316 g/mol.